The number of benzene rings is 1. The minimum Gasteiger partial charge on any atom is -0.306 e. The molecule has 0 saturated heterocycles. The standard InChI is InChI=1S/C13H8Cl4N4O/c1-6-9-10(18-12(13(15,16)17)19-11(9)22)21(20-6)8-5-3-2-4-7(8)14/h2-5H,1H3,(H,18,19,22). The molecule has 0 spiro atoms. The van der Waals surface area contributed by atoms with Gasteiger partial charge in [-0.15, -0.1) is 0 Å². The molecule has 0 unspecified atom stereocenters. The van der Waals surface area contributed by atoms with E-state index in [-0.39, 0.29) is 11.5 Å². The number of aromatic nitrogens is 4. The van der Waals surface area contributed by atoms with E-state index in [1.165, 1.54) is 4.68 Å². The van der Waals surface area contributed by atoms with E-state index in [0.717, 1.165) is 0 Å². The van der Waals surface area contributed by atoms with E-state index in [9.17, 15) is 4.79 Å². The fourth-order valence-electron chi connectivity index (χ4n) is 2.11. The lowest BCUT2D eigenvalue weighted by atomic mass is 10.3. The summed E-state index contributed by atoms with van der Waals surface area (Å²) < 4.78 is -0.390. The quantitative estimate of drug-likeness (QED) is 0.654. The molecule has 114 valence electrons. The van der Waals surface area contributed by atoms with Gasteiger partial charge in [0, 0.05) is 0 Å². The van der Waals surface area contributed by atoms with Crippen molar-refractivity contribution in [2.24, 2.45) is 0 Å². The summed E-state index contributed by atoms with van der Waals surface area (Å²) in [6, 6.07) is 7.05. The Balaban J connectivity index is 2.40. The number of rotatable bonds is 1. The van der Waals surface area contributed by atoms with Crippen LogP contribution >= 0.6 is 46.4 Å². The second-order valence-corrected chi connectivity index (χ2v) is 7.25. The zero-order valence-electron chi connectivity index (χ0n) is 11.1. The third-order valence-corrected chi connectivity index (χ3v) is 3.92. The van der Waals surface area contributed by atoms with Crippen molar-refractivity contribution in [3.05, 3.63) is 51.2 Å². The van der Waals surface area contributed by atoms with Crippen LogP contribution in [0.3, 0.4) is 0 Å². The Kier molecular flexibility index (Phi) is 3.85. The molecule has 0 saturated carbocycles. The first-order chi connectivity index (χ1) is 10.3. The van der Waals surface area contributed by atoms with E-state index in [1.807, 2.05) is 0 Å². The van der Waals surface area contributed by atoms with E-state index in [0.29, 0.717) is 21.8 Å². The molecule has 1 N–H and O–H groups in total. The zero-order valence-corrected chi connectivity index (χ0v) is 14.1. The number of nitrogens with zero attached hydrogens (tertiary/aromatic N) is 3. The third kappa shape index (κ3) is 2.58. The average Bonchev–Trinajstić information content (AvgIpc) is 2.76. The molecular formula is C13H8Cl4N4O. The molecule has 0 atom stereocenters. The van der Waals surface area contributed by atoms with Gasteiger partial charge in [-0.25, -0.2) is 9.67 Å². The van der Waals surface area contributed by atoms with Crippen LogP contribution in [0.25, 0.3) is 16.7 Å². The highest BCUT2D eigenvalue weighted by molar-refractivity contribution is 6.66. The Bertz CT molecular complexity index is 926. The number of alkyl halides is 3. The van der Waals surface area contributed by atoms with Gasteiger partial charge in [0.15, 0.2) is 11.5 Å². The fourth-order valence-corrected chi connectivity index (χ4v) is 2.60. The minimum absolute atomic E-state index is 0.0804. The average molecular weight is 378 g/mol. The molecule has 3 aromatic rings. The summed E-state index contributed by atoms with van der Waals surface area (Å²) in [6.45, 7) is 1.70. The lowest BCUT2D eigenvalue weighted by Crippen LogP contribution is -2.17. The zero-order chi connectivity index (χ0) is 16.1. The molecule has 3 rings (SSSR count). The Morgan fingerprint density at radius 2 is 1.91 bits per heavy atom. The minimum atomic E-state index is -1.85. The van der Waals surface area contributed by atoms with Gasteiger partial charge in [-0.1, -0.05) is 58.5 Å². The van der Waals surface area contributed by atoms with Crippen LogP contribution in [0.15, 0.2) is 29.1 Å². The van der Waals surface area contributed by atoms with Gasteiger partial charge in [0.25, 0.3) is 5.56 Å². The van der Waals surface area contributed by atoms with E-state index >= 15 is 0 Å². The van der Waals surface area contributed by atoms with Crippen LogP contribution in [0, 0.1) is 6.92 Å². The first-order valence-electron chi connectivity index (χ1n) is 6.11. The SMILES string of the molecule is Cc1nn(-c2ccccc2Cl)c2nc(C(Cl)(Cl)Cl)[nH]c(=O)c12. The maximum atomic E-state index is 12.2. The highest BCUT2D eigenvalue weighted by Gasteiger charge is 2.28. The summed E-state index contributed by atoms with van der Waals surface area (Å²) in [6.07, 6.45) is 0. The van der Waals surface area contributed by atoms with Crippen LogP contribution in [-0.2, 0) is 3.79 Å². The Hall–Kier alpha value is -1.27. The summed E-state index contributed by atoms with van der Waals surface area (Å²) in [4.78, 5) is 18.9. The van der Waals surface area contributed by atoms with Crippen molar-refractivity contribution >= 4 is 57.4 Å². The molecule has 0 bridgehead atoms. The van der Waals surface area contributed by atoms with E-state index in [2.05, 4.69) is 15.1 Å². The molecule has 22 heavy (non-hydrogen) atoms. The van der Waals surface area contributed by atoms with Gasteiger partial charge in [0.05, 0.1) is 16.4 Å². The normalized spacial score (nSPS) is 12.0. The summed E-state index contributed by atoms with van der Waals surface area (Å²) in [5.74, 6) is -0.0804. The predicted molar refractivity (Wildman–Crippen MR) is 88.5 cm³/mol. The molecule has 0 amide bonds. The number of para-hydroxylation sites is 1. The molecule has 9 heteroatoms. The number of fused-ring (bicyclic) bond motifs is 1. The van der Waals surface area contributed by atoms with Crippen molar-refractivity contribution in [3.63, 3.8) is 0 Å². The van der Waals surface area contributed by atoms with E-state index < -0.39 is 9.35 Å². The van der Waals surface area contributed by atoms with E-state index in [4.69, 9.17) is 46.4 Å². The number of aryl methyl sites for hydroxylation is 1. The number of halogens is 4. The largest absolute Gasteiger partial charge is 0.306 e. The highest BCUT2D eigenvalue weighted by atomic mass is 35.6. The number of aromatic amines is 1. The fraction of sp³-hybridized carbons (Fsp3) is 0.154. The van der Waals surface area contributed by atoms with Gasteiger partial charge in [-0.3, -0.25) is 4.79 Å². The number of nitrogens with one attached hydrogen (secondary N) is 1. The first-order valence-corrected chi connectivity index (χ1v) is 7.62. The molecule has 2 heterocycles. The Morgan fingerprint density at radius 3 is 2.55 bits per heavy atom. The van der Waals surface area contributed by atoms with Gasteiger partial charge in [-0.2, -0.15) is 5.10 Å². The number of hydrogen-bond donors (Lipinski definition) is 1. The maximum Gasteiger partial charge on any atom is 0.262 e. The summed E-state index contributed by atoms with van der Waals surface area (Å²) in [5, 5.41) is 5.11. The maximum absolute atomic E-state index is 12.2. The Labute approximate surface area is 144 Å². The van der Waals surface area contributed by atoms with Crippen LogP contribution in [-0.4, -0.2) is 19.7 Å². The highest BCUT2D eigenvalue weighted by Crippen LogP contribution is 2.36. The summed E-state index contributed by atoms with van der Waals surface area (Å²) in [7, 11) is 0. The monoisotopic (exact) mass is 376 g/mol. The van der Waals surface area contributed by atoms with Crippen molar-refractivity contribution in [2.45, 2.75) is 10.7 Å². The molecule has 0 aliphatic carbocycles. The lowest BCUT2D eigenvalue weighted by molar-refractivity contribution is 0.865. The Morgan fingerprint density at radius 1 is 1.23 bits per heavy atom. The topological polar surface area (TPSA) is 63.6 Å². The molecular weight excluding hydrogens is 370 g/mol. The van der Waals surface area contributed by atoms with Crippen LogP contribution in [0.2, 0.25) is 5.02 Å². The van der Waals surface area contributed by atoms with Crippen LogP contribution < -0.4 is 5.56 Å². The molecule has 5 nitrogen and oxygen atoms in total. The van der Waals surface area contributed by atoms with E-state index in [1.54, 1.807) is 31.2 Å². The van der Waals surface area contributed by atoms with Crippen molar-refractivity contribution in [1.29, 1.82) is 0 Å². The van der Waals surface area contributed by atoms with Crippen LogP contribution in [0.4, 0.5) is 0 Å². The summed E-state index contributed by atoms with van der Waals surface area (Å²) >= 11 is 23.6. The number of hydrogen-bond acceptors (Lipinski definition) is 3. The van der Waals surface area contributed by atoms with Gasteiger partial charge >= 0.3 is 0 Å². The van der Waals surface area contributed by atoms with Crippen LogP contribution in [0.5, 0.6) is 0 Å². The molecule has 2 aromatic heterocycles. The third-order valence-electron chi connectivity index (χ3n) is 3.06. The van der Waals surface area contributed by atoms with Crippen LogP contribution in [0.1, 0.15) is 11.5 Å². The van der Waals surface area contributed by atoms with Crippen molar-refractivity contribution in [1.82, 2.24) is 19.7 Å². The van der Waals surface area contributed by atoms with Gasteiger partial charge < -0.3 is 4.98 Å². The van der Waals surface area contributed by atoms with Gasteiger partial charge in [0.1, 0.15) is 5.39 Å². The first kappa shape index (κ1) is 15.6. The molecule has 0 aliphatic rings. The van der Waals surface area contributed by atoms with Crippen molar-refractivity contribution in [2.75, 3.05) is 0 Å². The molecule has 0 radical (unpaired) electrons. The molecule has 0 fully saturated rings. The van der Waals surface area contributed by atoms with Crippen molar-refractivity contribution < 1.29 is 0 Å². The smallest absolute Gasteiger partial charge is 0.262 e. The van der Waals surface area contributed by atoms with Gasteiger partial charge in [-0.05, 0) is 19.1 Å². The lowest BCUT2D eigenvalue weighted by Gasteiger charge is -2.10. The van der Waals surface area contributed by atoms with Gasteiger partial charge in [0.2, 0.25) is 3.79 Å². The summed E-state index contributed by atoms with van der Waals surface area (Å²) in [5.41, 5.74) is 0.924. The second-order valence-electron chi connectivity index (χ2n) is 4.56. The van der Waals surface area contributed by atoms with Crippen molar-refractivity contribution in [3.8, 4) is 5.69 Å². The molecule has 1 aromatic carbocycles. The number of H-pyrrole nitrogens is 1. The second kappa shape index (κ2) is 5.42. The molecule has 0 aliphatic heterocycles. The predicted octanol–water partition coefficient (Wildman–Crippen LogP) is 3.90.